The topological polar surface area (TPSA) is 82.6 Å². The van der Waals surface area contributed by atoms with Gasteiger partial charge in [-0.2, -0.15) is 5.10 Å². The number of hydrazine groups is 1. The van der Waals surface area contributed by atoms with Crippen molar-refractivity contribution in [3.63, 3.8) is 0 Å². The molecule has 0 bridgehead atoms. The van der Waals surface area contributed by atoms with Gasteiger partial charge in [0.2, 0.25) is 11.8 Å². The van der Waals surface area contributed by atoms with Crippen LogP contribution in [0.2, 0.25) is 0 Å². The van der Waals surface area contributed by atoms with Gasteiger partial charge in [-0.3, -0.25) is 15.0 Å². The largest absolute Gasteiger partial charge is 0.291 e. The number of aryl methyl sites for hydroxylation is 1. The van der Waals surface area contributed by atoms with Gasteiger partial charge in [0.25, 0.3) is 0 Å². The van der Waals surface area contributed by atoms with Gasteiger partial charge in [-0.05, 0) is 12.5 Å². The standard InChI is InChI=1S/C13H16N4O2/c1-9-2-4-10(5-3-9)8-14-16-12(18)6-11-7-13(19)17-15-11/h2-5,8,11,15H,6-7H2,1H3,(H,16,18)(H,17,19)/b14-8+. The summed E-state index contributed by atoms with van der Waals surface area (Å²) in [7, 11) is 0. The molecule has 19 heavy (non-hydrogen) atoms. The van der Waals surface area contributed by atoms with Crippen molar-refractivity contribution in [3.8, 4) is 0 Å². The number of carbonyl (C=O) groups excluding carboxylic acids is 2. The minimum Gasteiger partial charge on any atom is -0.291 e. The van der Waals surface area contributed by atoms with E-state index in [4.69, 9.17) is 0 Å². The van der Waals surface area contributed by atoms with Gasteiger partial charge in [-0.25, -0.2) is 10.9 Å². The quantitative estimate of drug-likeness (QED) is 0.535. The van der Waals surface area contributed by atoms with E-state index in [9.17, 15) is 9.59 Å². The predicted octanol–water partition coefficient (Wildman–Crippen LogP) is 0.228. The van der Waals surface area contributed by atoms with Crippen LogP contribution in [0.1, 0.15) is 24.0 Å². The van der Waals surface area contributed by atoms with Crippen molar-refractivity contribution >= 4 is 18.0 Å². The predicted molar refractivity (Wildman–Crippen MR) is 71.2 cm³/mol. The Morgan fingerprint density at radius 3 is 2.84 bits per heavy atom. The van der Waals surface area contributed by atoms with Crippen LogP contribution in [0.15, 0.2) is 29.4 Å². The summed E-state index contributed by atoms with van der Waals surface area (Å²) in [5.74, 6) is -0.321. The van der Waals surface area contributed by atoms with Crippen LogP contribution in [0.3, 0.4) is 0 Å². The van der Waals surface area contributed by atoms with E-state index in [0.717, 1.165) is 5.56 Å². The highest BCUT2D eigenvalue weighted by Crippen LogP contribution is 2.02. The monoisotopic (exact) mass is 260 g/mol. The minimum atomic E-state index is -0.225. The van der Waals surface area contributed by atoms with Crippen molar-refractivity contribution in [1.29, 1.82) is 0 Å². The first kappa shape index (κ1) is 13.2. The Bertz CT molecular complexity index is 496. The van der Waals surface area contributed by atoms with Crippen LogP contribution in [0.4, 0.5) is 0 Å². The Hall–Kier alpha value is -2.21. The summed E-state index contributed by atoms with van der Waals surface area (Å²) >= 11 is 0. The molecule has 1 atom stereocenters. The van der Waals surface area contributed by atoms with Crippen molar-refractivity contribution in [2.45, 2.75) is 25.8 Å². The first-order valence-electron chi connectivity index (χ1n) is 6.06. The molecule has 2 rings (SSSR count). The van der Waals surface area contributed by atoms with E-state index in [1.807, 2.05) is 31.2 Å². The molecule has 1 saturated heterocycles. The first-order chi connectivity index (χ1) is 9.13. The van der Waals surface area contributed by atoms with Crippen LogP contribution >= 0.6 is 0 Å². The summed E-state index contributed by atoms with van der Waals surface area (Å²) in [5.41, 5.74) is 9.72. The first-order valence-corrected chi connectivity index (χ1v) is 6.06. The van der Waals surface area contributed by atoms with Gasteiger partial charge in [0.05, 0.1) is 6.21 Å². The molecular formula is C13H16N4O2. The third kappa shape index (κ3) is 4.18. The summed E-state index contributed by atoms with van der Waals surface area (Å²) < 4.78 is 0. The van der Waals surface area contributed by atoms with Gasteiger partial charge in [-0.1, -0.05) is 29.8 Å². The molecule has 6 nitrogen and oxygen atoms in total. The Balaban J connectivity index is 1.77. The lowest BCUT2D eigenvalue weighted by atomic mass is 10.1. The zero-order valence-electron chi connectivity index (χ0n) is 10.6. The number of benzene rings is 1. The summed E-state index contributed by atoms with van der Waals surface area (Å²) in [6, 6.07) is 7.63. The van der Waals surface area contributed by atoms with Gasteiger partial charge < -0.3 is 0 Å². The molecule has 100 valence electrons. The summed E-state index contributed by atoms with van der Waals surface area (Å²) in [4.78, 5) is 22.5. The van der Waals surface area contributed by atoms with Crippen LogP contribution < -0.4 is 16.3 Å². The second kappa shape index (κ2) is 6.10. The van der Waals surface area contributed by atoms with Gasteiger partial charge >= 0.3 is 0 Å². The Morgan fingerprint density at radius 1 is 1.47 bits per heavy atom. The molecule has 3 N–H and O–H groups in total. The number of hydrogen-bond donors (Lipinski definition) is 3. The van der Waals surface area contributed by atoms with Gasteiger partial charge in [0.1, 0.15) is 0 Å². The van der Waals surface area contributed by atoms with Crippen molar-refractivity contribution in [1.82, 2.24) is 16.3 Å². The van der Waals surface area contributed by atoms with Gasteiger partial charge in [0, 0.05) is 18.9 Å². The summed E-state index contributed by atoms with van der Waals surface area (Å²) in [6.07, 6.45) is 2.11. The second-order valence-electron chi connectivity index (χ2n) is 4.50. The Morgan fingerprint density at radius 2 is 2.21 bits per heavy atom. The maximum Gasteiger partial charge on any atom is 0.241 e. The Labute approximate surface area is 111 Å². The normalized spacial score (nSPS) is 18.6. The van der Waals surface area contributed by atoms with Crippen molar-refractivity contribution in [3.05, 3.63) is 35.4 Å². The van der Waals surface area contributed by atoms with Crippen LogP contribution in [-0.4, -0.2) is 24.1 Å². The fourth-order valence-corrected chi connectivity index (χ4v) is 1.73. The third-order valence-corrected chi connectivity index (χ3v) is 2.76. The lowest BCUT2D eigenvalue weighted by Crippen LogP contribution is -2.34. The molecule has 1 aromatic rings. The van der Waals surface area contributed by atoms with Crippen LogP contribution in [0.5, 0.6) is 0 Å². The highest BCUT2D eigenvalue weighted by Gasteiger charge is 2.22. The highest BCUT2D eigenvalue weighted by atomic mass is 16.2. The van der Waals surface area contributed by atoms with Crippen LogP contribution in [-0.2, 0) is 9.59 Å². The molecule has 0 saturated carbocycles. The van der Waals surface area contributed by atoms with Crippen molar-refractivity contribution in [2.75, 3.05) is 0 Å². The fourth-order valence-electron chi connectivity index (χ4n) is 1.73. The molecular weight excluding hydrogens is 244 g/mol. The molecule has 0 spiro atoms. The maximum absolute atomic E-state index is 11.5. The molecule has 6 heteroatoms. The van der Waals surface area contributed by atoms with Crippen LogP contribution in [0.25, 0.3) is 0 Å². The number of nitrogens with zero attached hydrogens (tertiary/aromatic N) is 1. The van der Waals surface area contributed by atoms with Crippen molar-refractivity contribution < 1.29 is 9.59 Å². The number of rotatable bonds is 4. The van der Waals surface area contributed by atoms with E-state index in [1.54, 1.807) is 6.21 Å². The molecule has 1 aromatic carbocycles. The summed E-state index contributed by atoms with van der Waals surface area (Å²) in [6.45, 7) is 2.01. The molecule has 1 unspecified atom stereocenters. The van der Waals surface area contributed by atoms with Gasteiger partial charge in [-0.15, -0.1) is 0 Å². The summed E-state index contributed by atoms with van der Waals surface area (Å²) in [5, 5.41) is 3.87. The maximum atomic E-state index is 11.5. The highest BCUT2D eigenvalue weighted by molar-refractivity contribution is 5.84. The molecule has 0 radical (unpaired) electrons. The number of hydrogen-bond acceptors (Lipinski definition) is 4. The van der Waals surface area contributed by atoms with E-state index in [1.165, 1.54) is 5.56 Å². The molecule has 1 heterocycles. The zero-order chi connectivity index (χ0) is 13.7. The fraction of sp³-hybridized carbons (Fsp3) is 0.308. The number of amides is 2. The third-order valence-electron chi connectivity index (χ3n) is 2.76. The molecule has 0 aliphatic carbocycles. The van der Waals surface area contributed by atoms with E-state index in [0.29, 0.717) is 6.42 Å². The van der Waals surface area contributed by atoms with E-state index in [2.05, 4.69) is 21.4 Å². The van der Waals surface area contributed by atoms with Crippen molar-refractivity contribution in [2.24, 2.45) is 5.10 Å². The van der Waals surface area contributed by atoms with Gasteiger partial charge in [0.15, 0.2) is 0 Å². The Kier molecular flexibility index (Phi) is 4.25. The van der Waals surface area contributed by atoms with Crippen LogP contribution in [0, 0.1) is 6.92 Å². The second-order valence-corrected chi connectivity index (χ2v) is 4.50. The average molecular weight is 260 g/mol. The van der Waals surface area contributed by atoms with E-state index < -0.39 is 0 Å². The molecule has 1 aliphatic heterocycles. The number of nitrogens with one attached hydrogen (secondary N) is 3. The lowest BCUT2D eigenvalue weighted by Gasteiger charge is -2.05. The smallest absolute Gasteiger partial charge is 0.241 e. The average Bonchev–Trinajstić information content (AvgIpc) is 2.77. The lowest BCUT2D eigenvalue weighted by molar-refractivity contribution is -0.121. The SMILES string of the molecule is Cc1ccc(/C=N/NC(=O)CC2CC(=O)NN2)cc1. The number of hydrazone groups is 1. The minimum absolute atomic E-state index is 0.0963. The molecule has 1 aliphatic rings. The molecule has 2 amide bonds. The van der Waals surface area contributed by atoms with E-state index >= 15 is 0 Å². The molecule has 0 aromatic heterocycles. The molecule has 1 fully saturated rings. The number of carbonyl (C=O) groups is 2. The van der Waals surface area contributed by atoms with E-state index in [-0.39, 0.29) is 24.3 Å². The zero-order valence-corrected chi connectivity index (χ0v) is 10.6.